The van der Waals surface area contributed by atoms with Crippen molar-refractivity contribution in [3.63, 3.8) is 0 Å². The first-order chi connectivity index (χ1) is 16.3. The van der Waals surface area contributed by atoms with Gasteiger partial charge in [-0.3, -0.25) is 4.57 Å². The van der Waals surface area contributed by atoms with Crippen LogP contribution in [0.2, 0.25) is 0 Å². The molecule has 0 radical (unpaired) electrons. The molecule has 0 atom stereocenters. The number of thiophene rings is 1. The number of imidazole rings is 1. The molecule has 0 bridgehead atoms. The van der Waals surface area contributed by atoms with Crippen LogP contribution >= 0.6 is 23.1 Å². The van der Waals surface area contributed by atoms with E-state index in [2.05, 4.69) is 45.6 Å². The average Bonchev–Trinajstić information content (AvgIpc) is 3.60. The predicted molar refractivity (Wildman–Crippen MR) is 134 cm³/mol. The Morgan fingerprint density at radius 1 is 1.06 bits per heavy atom. The number of hydrogen-bond donors (Lipinski definition) is 1. The molecule has 6 rings (SSSR count). The molecule has 8 heteroatoms. The van der Waals surface area contributed by atoms with Crippen molar-refractivity contribution in [2.24, 2.45) is 0 Å². The molecule has 1 aromatic carbocycles. The zero-order chi connectivity index (χ0) is 22.0. The molecular weight excluding hydrogens is 448 g/mol. The SMILES string of the molecule is c1ccc(SCc2nc(NCc3ccc(-n4ccnc4)nc3)c3c4c(sc3n2)CCC4)cc1. The number of rotatable bonds is 7. The summed E-state index contributed by atoms with van der Waals surface area (Å²) in [5, 5.41) is 4.81. The lowest BCUT2D eigenvalue weighted by molar-refractivity contribution is 0.916. The maximum atomic E-state index is 4.97. The summed E-state index contributed by atoms with van der Waals surface area (Å²) in [5.41, 5.74) is 2.55. The number of thioether (sulfide) groups is 1. The highest BCUT2D eigenvalue weighted by molar-refractivity contribution is 7.98. The standard InChI is InChI=1S/C25H22N6S2/c1-2-5-18(6-3-1)32-15-21-29-24(23-19-7-4-8-20(19)33-25(23)30-21)28-14-17-9-10-22(27-13-17)31-12-11-26-16-31/h1-3,5-6,9-13,16H,4,7-8,14-15H2,(H,28,29,30). The molecule has 33 heavy (non-hydrogen) atoms. The summed E-state index contributed by atoms with van der Waals surface area (Å²) in [6, 6.07) is 14.5. The molecule has 4 aromatic heterocycles. The van der Waals surface area contributed by atoms with Crippen molar-refractivity contribution >= 4 is 39.1 Å². The van der Waals surface area contributed by atoms with Crippen molar-refractivity contribution < 1.29 is 0 Å². The lowest BCUT2D eigenvalue weighted by Gasteiger charge is -2.11. The molecule has 4 heterocycles. The highest BCUT2D eigenvalue weighted by atomic mass is 32.2. The Bertz CT molecular complexity index is 1380. The second-order valence-electron chi connectivity index (χ2n) is 7.98. The van der Waals surface area contributed by atoms with Crippen LogP contribution in [0, 0.1) is 0 Å². The fraction of sp³-hybridized carbons (Fsp3) is 0.200. The van der Waals surface area contributed by atoms with Crippen LogP contribution in [0.4, 0.5) is 5.82 Å². The molecule has 1 aliphatic carbocycles. The number of benzene rings is 1. The van der Waals surface area contributed by atoms with Gasteiger partial charge in [0, 0.05) is 34.9 Å². The number of pyridine rings is 1. The summed E-state index contributed by atoms with van der Waals surface area (Å²) in [7, 11) is 0. The minimum Gasteiger partial charge on any atom is -0.365 e. The van der Waals surface area contributed by atoms with E-state index in [0.717, 1.165) is 46.4 Å². The second-order valence-corrected chi connectivity index (χ2v) is 10.1. The van der Waals surface area contributed by atoms with Crippen molar-refractivity contribution in [2.75, 3.05) is 5.32 Å². The van der Waals surface area contributed by atoms with Gasteiger partial charge in [0.15, 0.2) is 0 Å². The minimum atomic E-state index is 0.666. The third-order valence-electron chi connectivity index (χ3n) is 5.76. The first kappa shape index (κ1) is 20.4. The summed E-state index contributed by atoms with van der Waals surface area (Å²) >= 11 is 3.61. The summed E-state index contributed by atoms with van der Waals surface area (Å²) < 4.78 is 1.90. The minimum absolute atomic E-state index is 0.666. The van der Waals surface area contributed by atoms with Gasteiger partial charge in [-0.1, -0.05) is 24.3 Å². The number of anilines is 1. The van der Waals surface area contributed by atoms with Gasteiger partial charge in [0.2, 0.25) is 0 Å². The van der Waals surface area contributed by atoms with Crippen molar-refractivity contribution in [2.45, 2.75) is 36.5 Å². The summed E-state index contributed by atoms with van der Waals surface area (Å²) in [6.45, 7) is 0.666. The Balaban J connectivity index is 1.26. The fourth-order valence-electron chi connectivity index (χ4n) is 4.15. The summed E-state index contributed by atoms with van der Waals surface area (Å²) in [5.74, 6) is 3.42. The zero-order valence-corrected chi connectivity index (χ0v) is 19.6. The monoisotopic (exact) mass is 470 g/mol. The summed E-state index contributed by atoms with van der Waals surface area (Å²) in [4.78, 5) is 22.4. The van der Waals surface area contributed by atoms with E-state index in [1.807, 2.05) is 40.4 Å². The number of aromatic nitrogens is 5. The lowest BCUT2D eigenvalue weighted by atomic mass is 10.2. The van der Waals surface area contributed by atoms with Gasteiger partial charge in [-0.15, -0.1) is 23.1 Å². The first-order valence-electron chi connectivity index (χ1n) is 11.0. The van der Waals surface area contributed by atoms with Crippen LogP contribution in [0.15, 0.2) is 72.3 Å². The van der Waals surface area contributed by atoms with E-state index in [-0.39, 0.29) is 0 Å². The van der Waals surface area contributed by atoms with E-state index in [4.69, 9.17) is 9.97 Å². The molecule has 1 N–H and O–H groups in total. The van der Waals surface area contributed by atoms with E-state index in [1.165, 1.54) is 27.1 Å². The maximum Gasteiger partial charge on any atom is 0.142 e. The van der Waals surface area contributed by atoms with Crippen LogP contribution in [-0.4, -0.2) is 24.5 Å². The Hall–Kier alpha value is -3.23. The third kappa shape index (κ3) is 4.24. The number of nitrogens with zero attached hydrogens (tertiary/aromatic N) is 5. The van der Waals surface area contributed by atoms with Gasteiger partial charge in [0.25, 0.3) is 0 Å². The normalized spacial score (nSPS) is 12.8. The molecule has 0 aliphatic heterocycles. The van der Waals surface area contributed by atoms with E-state index in [0.29, 0.717) is 6.54 Å². The van der Waals surface area contributed by atoms with Gasteiger partial charge in [0.1, 0.15) is 28.6 Å². The van der Waals surface area contributed by atoms with Gasteiger partial charge in [-0.05, 0) is 48.6 Å². The lowest BCUT2D eigenvalue weighted by Crippen LogP contribution is -2.06. The van der Waals surface area contributed by atoms with Gasteiger partial charge in [-0.25, -0.2) is 19.9 Å². The van der Waals surface area contributed by atoms with Crippen molar-refractivity contribution in [3.8, 4) is 5.82 Å². The first-order valence-corrected chi connectivity index (χ1v) is 12.8. The predicted octanol–water partition coefficient (Wildman–Crippen LogP) is 5.67. The molecule has 6 nitrogen and oxygen atoms in total. The van der Waals surface area contributed by atoms with E-state index < -0.39 is 0 Å². The molecule has 0 unspecified atom stereocenters. The van der Waals surface area contributed by atoms with Crippen LogP contribution in [0.1, 0.15) is 28.2 Å². The quantitative estimate of drug-likeness (QED) is 0.309. The highest BCUT2D eigenvalue weighted by Gasteiger charge is 2.22. The molecule has 1 aliphatic rings. The van der Waals surface area contributed by atoms with Crippen LogP contribution in [-0.2, 0) is 25.1 Å². The molecule has 0 amide bonds. The molecule has 0 spiro atoms. The molecule has 0 saturated carbocycles. The summed E-state index contributed by atoms with van der Waals surface area (Å²) in [6.07, 6.45) is 10.8. The Labute approximate surface area is 200 Å². The zero-order valence-electron chi connectivity index (χ0n) is 17.9. The topological polar surface area (TPSA) is 68.5 Å². The number of hydrogen-bond acceptors (Lipinski definition) is 7. The fourth-order valence-corrected chi connectivity index (χ4v) is 6.21. The van der Waals surface area contributed by atoms with Crippen molar-refractivity contribution in [1.82, 2.24) is 24.5 Å². The van der Waals surface area contributed by atoms with E-state index in [9.17, 15) is 0 Å². The van der Waals surface area contributed by atoms with Crippen molar-refractivity contribution in [3.05, 3.63) is 89.2 Å². The van der Waals surface area contributed by atoms with Crippen molar-refractivity contribution in [1.29, 1.82) is 0 Å². The molecule has 164 valence electrons. The molecule has 5 aromatic rings. The van der Waals surface area contributed by atoms with Crippen LogP contribution < -0.4 is 5.32 Å². The van der Waals surface area contributed by atoms with Gasteiger partial charge < -0.3 is 5.32 Å². The second kappa shape index (κ2) is 8.96. The molecular formula is C25H22N6S2. The van der Waals surface area contributed by atoms with Gasteiger partial charge >= 0.3 is 0 Å². The Kier molecular flexibility index (Phi) is 5.53. The third-order valence-corrected chi connectivity index (χ3v) is 7.95. The van der Waals surface area contributed by atoms with Crippen LogP contribution in [0.3, 0.4) is 0 Å². The molecule has 0 saturated heterocycles. The number of aryl methyl sites for hydroxylation is 2. The smallest absolute Gasteiger partial charge is 0.142 e. The van der Waals surface area contributed by atoms with E-state index >= 15 is 0 Å². The Morgan fingerprint density at radius 3 is 2.82 bits per heavy atom. The average molecular weight is 471 g/mol. The number of fused-ring (bicyclic) bond motifs is 3. The maximum absolute atomic E-state index is 4.97. The van der Waals surface area contributed by atoms with Gasteiger partial charge in [0.05, 0.1) is 11.1 Å². The van der Waals surface area contributed by atoms with E-state index in [1.54, 1.807) is 24.3 Å². The van der Waals surface area contributed by atoms with Crippen LogP contribution in [0.5, 0.6) is 0 Å². The Morgan fingerprint density at radius 2 is 2.00 bits per heavy atom. The van der Waals surface area contributed by atoms with Gasteiger partial charge in [-0.2, -0.15) is 0 Å². The number of nitrogens with one attached hydrogen (secondary N) is 1. The molecule has 0 fully saturated rings. The largest absolute Gasteiger partial charge is 0.365 e. The highest BCUT2D eigenvalue weighted by Crippen LogP contribution is 2.40. The van der Waals surface area contributed by atoms with Crippen LogP contribution in [0.25, 0.3) is 16.0 Å².